The average molecular weight is 364 g/mol. The summed E-state index contributed by atoms with van der Waals surface area (Å²) in [6.07, 6.45) is 0. The van der Waals surface area contributed by atoms with Gasteiger partial charge in [0.15, 0.2) is 11.5 Å². The minimum atomic E-state index is -0.156. The first-order chi connectivity index (χ1) is 10.5. The highest BCUT2D eigenvalue weighted by molar-refractivity contribution is 9.10. The highest BCUT2D eigenvalue weighted by Crippen LogP contribution is 2.27. The standard InChI is InChI=1S/C17H18BrNO3/c1-11(12-4-7-14(18)8-5-12)19-17(20)13-6-9-15(21-2)16(10-13)22-3/h4-11H,1-3H3,(H,19,20)/t11-/m1/s1. The van der Waals surface area contributed by atoms with Crippen molar-refractivity contribution in [2.24, 2.45) is 0 Å². The van der Waals surface area contributed by atoms with Gasteiger partial charge in [0.1, 0.15) is 0 Å². The molecule has 0 aliphatic carbocycles. The van der Waals surface area contributed by atoms with Crippen LogP contribution < -0.4 is 14.8 Å². The van der Waals surface area contributed by atoms with Gasteiger partial charge >= 0.3 is 0 Å². The Morgan fingerprint density at radius 2 is 1.68 bits per heavy atom. The lowest BCUT2D eigenvalue weighted by molar-refractivity contribution is 0.0939. The van der Waals surface area contributed by atoms with Crippen LogP contribution in [0.1, 0.15) is 28.9 Å². The second-order valence-corrected chi connectivity index (χ2v) is 5.73. The van der Waals surface area contributed by atoms with E-state index in [1.807, 2.05) is 31.2 Å². The molecule has 0 bridgehead atoms. The molecule has 0 radical (unpaired) electrons. The SMILES string of the molecule is COc1ccc(C(=O)N[C@H](C)c2ccc(Br)cc2)cc1OC. The molecule has 0 saturated heterocycles. The van der Waals surface area contributed by atoms with Gasteiger partial charge in [-0.25, -0.2) is 0 Å². The van der Waals surface area contributed by atoms with Crippen molar-refractivity contribution in [3.8, 4) is 11.5 Å². The summed E-state index contributed by atoms with van der Waals surface area (Å²) in [5, 5.41) is 2.97. The lowest BCUT2D eigenvalue weighted by atomic mass is 10.1. The normalized spacial score (nSPS) is 11.6. The van der Waals surface area contributed by atoms with Crippen LogP contribution in [0.2, 0.25) is 0 Å². The van der Waals surface area contributed by atoms with Gasteiger partial charge in [-0.2, -0.15) is 0 Å². The number of rotatable bonds is 5. The van der Waals surface area contributed by atoms with Crippen LogP contribution in [-0.2, 0) is 0 Å². The number of methoxy groups -OCH3 is 2. The first-order valence-corrected chi connectivity index (χ1v) is 7.62. The van der Waals surface area contributed by atoms with Crippen molar-refractivity contribution in [3.63, 3.8) is 0 Å². The molecule has 0 spiro atoms. The van der Waals surface area contributed by atoms with E-state index in [0.717, 1.165) is 10.0 Å². The van der Waals surface area contributed by atoms with Crippen molar-refractivity contribution >= 4 is 21.8 Å². The Bertz CT molecular complexity index is 655. The van der Waals surface area contributed by atoms with Crippen molar-refractivity contribution in [3.05, 3.63) is 58.1 Å². The average Bonchev–Trinajstić information content (AvgIpc) is 2.54. The molecule has 1 atom stereocenters. The van der Waals surface area contributed by atoms with Crippen LogP contribution in [-0.4, -0.2) is 20.1 Å². The van der Waals surface area contributed by atoms with Crippen molar-refractivity contribution in [2.45, 2.75) is 13.0 Å². The van der Waals surface area contributed by atoms with Crippen LogP contribution in [0.25, 0.3) is 0 Å². The third-order valence-electron chi connectivity index (χ3n) is 3.36. The number of carbonyl (C=O) groups is 1. The van der Waals surface area contributed by atoms with E-state index in [1.165, 1.54) is 0 Å². The zero-order valence-electron chi connectivity index (χ0n) is 12.7. The zero-order valence-corrected chi connectivity index (χ0v) is 14.3. The summed E-state index contributed by atoms with van der Waals surface area (Å²) in [6.45, 7) is 1.95. The Labute approximate surface area is 138 Å². The van der Waals surface area contributed by atoms with Gasteiger partial charge in [0.25, 0.3) is 5.91 Å². The Hall–Kier alpha value is -2.01. The van der Waals surface area contributed by atoms with Gasteiger partial charge < -0.3 is 14.8 Å². The molecule has 0 aliphatic heterocycles. The summed E-state index contributed by atoms with van der Waals surface area (Å²) < 4.78 is 11.4. The minimum absolute atomic E-state index is 0.0892. The van der Waals surface area contributed by atoms with Gasteiger partial charge in [0.05, 0.1) is 20.3 Å². The van der Waals surface area contributed by atoms with Gasteiger partial charge in [-0.1, -0.05) is 28.1 Å². The van der Waals surface area contributed by atoms with E-state index in [1.54, 1.807) is 32.4 Å². The van der Waals surface area contributed by atoms with Gasteiger partial charge in [0.2, 0.25) is 0 Å². The van der Waals surface area contributed by atoms with E-state index in [-0.39, 0.29) is 11.9 Å². The van der Waals surface area contributed by atoms with Crippen molar-refractivity contribution < 1.29 is 14.3 Å². The lowest BCUT2D eigenvalue weighted by Crippen LogP contribution is -2.26. The summed E-state index contributed by atoms with van der Waals surface area (Å²) in [5.74, 6) is 0.975. The zero-order chi connectivity index (χ0) is 16.1. The number of nitrogens with one attached hydrogen (secondary N) is 1. The van der Waals surface area contributed by atoms with Crippen LogP contribution >= 0.6 is 15.9 Å². The quantitative estimate of drug-likeness (QED) is 0.874. The molecule has 0 fully saturated rings. The van der Waals surface area contributed by atoms with Gasteiger partial charge in [-0.05, 0) is 42.8 Å². The number of hydrogen-bond donors (Lipinski definition) is 1. The number of benzene rings is 2. The summed E-state index contributed by atoms with van der Waals surface area (Å²) in [5.41, 5.74) is 1.57. The van der Waals surface area contributed by atoms with Crippen LogP contribution in [0.5, 0.6) is 11.5 Å². The summed E-state index contributed by atoms with van der Waals surface area (Å²) in [7, 11) is 3.11. The smallest absolute Gasteiger partial charge is 0.251 e. The molecule has 0 heterocycles. The molecule has 0 aromatic heterocycles. The minimum Gasteiger partial charge on any atom is -0.493 e. The van der Waals surface area contributed by atoms with Crippen LogP contribution in [0.15, 0.2) is 46.9 Å². The second kappa shape index (κ2) is 7.31. The van der Waals surface area contributed by atoms with E-state index >= 15 is 0 Å². The summed E-state index contributed by atoms with van der Waals surface area (Å²) in [6, 6.07) is 12.9. The molecule has 0 aliphatic rings. The molecule has 116 valence electrons. The van der Waals surface area contributed by atoms with E-state index in [2.05, 4.69) is 21.2 Å². The van der Waals surface area contributed by atoms with E-state index in [0.29, 0.717) is 17.1 Å². The predicted octanol–water partition coefficient (Wildman–Crippen LogP) is 3.96. The lowest BCUT2D eigenvalue weighted by Gasteiger charge is -2.15. The fraction of sp³-hybridized carbons (Fsp3) is 0.235. The molecule has 5 heteroatoms. The monoisotopic (exact) mass is 363 g/mol. The van der Waals surface area contributed by atoms with Gasteiger partial charge in [0, 0.05) is 10.0 Å². The predicted molar refractivity (Wildman–Crippen MR) is 89.6 cm³/mol. The van der Waals surface area contributed by atoms with E-state index in [4.69, 9.17) is 9.47 Å². The fourth-order valence-corrected chi connectivity index (χ4v) is 2.36. The topological polar surface area (TPSA) is 47.6 Å². The van der Waals surface area contributed by atoms with Crippen molar-refractivity contribution in [1.29, 1.82) is 0 Å². The highest BCUT2D eigenvalue weighted by Gasteiger charge is 2.14. The number of halogens is 1. The molecule has 2 aromatic carbocycles. The second-order valence-electron chi connectivity index (χ2n) is 4.82. The Kier molecular flexibility index (Phi) is 5.44. The van der Waals surface area contributed by atoms with Crippen LogP contribution in [0.4, 0.5) is 0 Å². The molecule has 0 unspecified atom stereocenters. The number of amides is 1. The first kappa shape index (κ1) is 16.4. The Balaban J connectivity index is 2.13. The van der Waals surface area contributed by atoms with Crippen LogP contribution in [0, 0.1) is 0 Å². The molecular formula is C17H18BrNO3. The molecule has 4 nitrogen and oxygen atoms in total. The summed E-state index contributed by atoms with van der Waals surface area (Å²) >= 11 is 3.40. The maximum atomic E-state index is 12.3. The first-order valence-electron chi connectivity index (χ1n) is 6.83. The number of ether oxygens (including phenoxy) is 2. The van der Waals surface area contributed by atoms with Gasteiger partial charge in [-0.15, -0.1) is 0 Å². The Morgan fingerprint density at radius 1 is 1.05 bits per heavy atom. The molecular weight excluding hydrogens is 346 g/mol. The maximum Gasteiger partial charge on any atom is 0.251 e. The number of hydrogen-bond acceptors (Lipinski definition) is 3. The van der Waals surface area contributed by atoms with Crippen molar-refractivity contribution in [1.82, 2.24) is 5.32 Å². The Morgan fingerprint density at radius 3 is 2.27 bits per heavy atom. The largest absolute Gasteiger partial charge is 0.493 e. The fourth-order valence-electron chi connectivity index (χ4n) is 2.09. The molecule has 1 amide bonds. The summed E-state index contributed by atoms with van der Waals surface area (Å²) in [4.78, 5) is 12.3. The van der Waals surface area contributed by atoms with Gasteiger partial charge in [-0.3, -0.25) is 4.79 Å². The third-order valence-corrected chi connectivity index (χ3v) is 3.89. The maximum absolute atomic E-state index is 12.3. The molecule has 22 heavy (non-hydrogen) atoms. The number of carbonyl (C=O) groups excluding carboxylic acids is 1. The highest BCUT2D eigenvalue weighted by atomic mass is 79.9. The van der Waals surface area contributed by atoms with E-state index in [9.17, 15) is 4.79 Å². The third kappa shape index (κ3) is 3.80. The van der Waals surface area contributed by atoms with Crippen molar-refractivity contribution in [2.75, 3.05) is 14.2 Å². The van der Waals surface area contributed by atoms with Crippen LogP contribution in [0.3, 0.4) is 0 Å². The molecule has 2 rings (SSSR count). The molecule has 0 saturated carbocycles. The van der Waals surface area contributed by atoms with E-state index < -0.39 is 0 Å². The molecule has 1 N–H and O–H groups in total. The molecule has 2 aromatic rings.